The van der Waals surface area contributed by atoms with Gasteiger partial charge < -0.3 is 11.1 Å². The van der Waals surface area contributed by atoms with E-state index in [0.717, 1.165) is 28.6 Å². The molecule has 5 rings (SSSR count). The lowest BCUT2D eigenvalue weighted by atomic mass is 10.0. The van der Waals surface area contributed by atoms with Crippen molar-refractivity contribution >= 4 is 44.6 Å². The Morgan fingerprint density at radius 1 is 0.886 bits per heavy atom. The number of Topliss-reactive ketones (excluding diaryl/α,β-unsaturated/α-hetero) is 1. The van der Waals surface area contributed by atoms with Crippen LogP contribution >= 0.6 is 11.3 Å². The summed E-state index contributed by atoms with van der Waals surface area (Å²) in [4.78, 5) is 29.9. The summed E-state index contributed by atoms with van der Waals surface area (Å²) in [5.74, 6) is -0.738. The van der Waals surface area contributed by atoms with Gasteiger partial charge in [0.2, 0.25) is 0 Å². The maximum Gasteiger partial charge on any atom is 0.268 e. The zero-order valence-electron chi connectivity index (χ0n) is 18.8. The number of pyridine rings is 1. The van der Waals surface area contributed by atoms with Gasteiger partial charge >= 0.3 is 0 Å². The Morgan fingerprint density at radius 3 is 2.37 bits per heavy atom. The number of hydrogen-bond acceptors (Lipinski definition) is 5. The highest BCUT2D eigenvalue weighted by Gasteiger charge is 2.20. The van der Waals surface area contributed by atoms with E-state index in [-0.39, 0.29) is 17.9 Å². The standard InChI is InChI=1S/C28H22N4O2S/c29-27(34)26-25(35-28(31-26)30-23-13-12-20-6-2-3-7-22(20)16-23)17-24(33)21-10-8-19(9-11-21)18-32-14-4-1-5-15-32/h1-16H,17-18H2,(H2-,29,30,31,34)/p+1. The number of nitrogens with zero attached hydrogens (tertiary/aromatic N) is 2. The van der Waals surface area contributed by atoms with E-state index >= 15 is 0 Å². The predicted molar refractivity (Wildman–Crippen MR) is 138 cm³/mol. The Labute approximate surface area is 206 Å². The van der Waals surface area contributed by atoms with Gasteiger partial charge in [-0.15, -0.1) is 11.3 Å². The molecule has 0 aliphatic carbocycles. The van der Waals surface area contributed by atoms with Crippen molar-refractivity contribution < 1.29 is 14.2 Å². The summed E-state index contributed by atoms with van der Waals surface area (Å²) in [7, 11) is 0. The van der Waals surface area contributed by atoms with Gasteiger partial charge in [-0.05, 0) is 22.9 Å². The monoisotopic (exact) mass is 479 g/mol. The van der Waals surface area contributed by atoms with E-state index in [4.69, 9.17) is 5.73 Å². The fourth-order valence-corrected chi connectivity index (χ4v) is 4.89. The molecule has 7 heteroatoms. The number of carbonyl (C=O) groups excluding carboxylic acids is 2. The number of carbonyl (C=O) groups is 2. The third-order valence-electron chi connectivity index (χ3n) is 5.67. The number of anilines is 2. The fraction of sp³-hybridized carbons (Fsp3) is 0.0714. The van der Waals surface area contributed by atoms with Crippen LogP contribution in [0.5, 0.6) is 0 Å². The molecular formula is C28H23N4O2S+. The molecule has 0 spiro atoms. The molecule has 172 valence electrons. The highest BCUT2D eigenvalue weighted by atomic mass is 32.1. The molecule has 0 aliphatic heterocycles. The normalized spacial score (nSPS) is 10.9. The molecule has 0 radical (unpaired) electrons. The van der Waals surface area contributed by atoms with Gasteiger partial charge in [-0.1, -0.05) is 60.7 Å². The molecule has 5 aromatic rings. The number of ketones is 1. The van der Waals surface area contributed by atoms with E-state index < -0.39 is 5.91 Å². The molecule has 0 saturated carbocycles. The summed E-state index contributed by atoms with van der Waals surface area (Å²) in [6.07, 6.45) is 4.05. The summed E-state index contributed by atoms with van der Waals surface area (Å²) in [5.41, 5.74) is 8.22. The summed E-state index contributed by atoms with van der Waals surface area (Å²) in [5, 5.41) is 5.99. The number of hydrogen-bond donors (Lipinski definition) is 2. The summed E-state index contributed by atoms with van der Waals surface area (Å²) in [6, 6.07) is 27.5. The minimum absolute atomic E-state index is 0.0577. The Balaban J connectivity index is 1.31. The Hall–Kier alpha value is -4.36. The number of rotatable bonds is 8. The number of fused-ring (bicyclic) bond motifs is 1. The van der Waals surface area contributed by atoms with Crippen molar-refractivity contribution in [1.82, 2.24) is 4.98 Å². The minimum atomic E-state index is -0.647. The first-order chi connectivity index (χ1) is 17.0. The largest absolute Gasteiger partial charge is 0.364 e. The molecule has 35 heavy (non-hydrogen) atoms. The van der Waals surface area contributed by atoms with Gasteiger partial charge in [0, 0.05) is 40.2 Å². The molecule has 0 atom stereocenters. The second kappa shape index (κ2) is 9.87. The van der Waals surface area contributed by atoms with Crippen LogP contribution in [0.25, 0.3) is 10.8 Å². The van der Waals surface area contributed by atoms with Crippen molar-refractivity contribution in [2.45, 2.75) is 13.0 Å². The minimum Gasteiger partial charge on any atom is -0.364 e. The second-order valence-corrected chi connectivity index (χ2v) is 9.27. The number of amides is 1. The van der Waals surface area contributed by atoms with Crippen LogP contribution < -0.4 is 15.6 Å². The van der Waals surface area contributed by atoms with Crippen LogP contribution in [0, 0.1) is 0 Å². The van der Waals surface area contributed by atoms with E-state index in [0.29, 0.717) is 15.6 Å². The molecule has 2 aromatic heterocycles. The quantitative estimate of drug-likeness (QED) is 0.245. The predicted octanol–water partition coefficient (Wildman–Crippen LogP) is 4.90. The van der Waals surface area contributed by atoms with E-state index in [1.807, 2.05) is 97.3 Å². The number of primary amides is 1. The molecule has 3 N–H and O–H groups in total. The van der Waals surface area contributed by atoms with Gasteiger partial charge in [-0.25, -0.2) is 9.55 Å². The lowest BCUT2D eigenvalue weighted by molar-refractivity contribution is -0.688. The smallest absolute Gasteiger partial charge is 0.268 e. The van der Waals surface area contributed by atoms with Crippen molar-refractivity contribution in [3.05, 3.63) is 119 Å². The first-order valence-corrected chi connectivity index (χ1v) is 12.0. The van der Waals surface area contributed by atoms with Gasteiger partial charge in [0.15, 0.2) is 29.9 Å². The molecule has 0 bridgehead atoms. The molecule has 1 amide bonds. The highest BCUT2D eigenvalue weighted by molar-refractivity contribution is 7.16. The van der Waals surface area contributed by atoms with Gasteiger partial charge in [-0.3, -0.25) is 9.59 Å². The van der Waals surface area contributed by atoms with Gasteiger partial charge in [-0.2, -0.15) is 0 Å². The maximum atomic E-state index is 13.0. The first kappa shape index (κ1) is 22.4. The molecule has 3 aromatic carbocycles. The molecule has 0 unspecified atom stereocenters. The van der Waals surface area contributed by atoms with Crippen molar-refractivity contribution in [3.63, 3.8) is 0 Å². The van der Waals surface area contributed by atoms with E-state index in [1.165, 1.54) is 11.3 Å². The lowest BCUT2D eigenvalue weighted by Gasteiger charge is -2.04. The molecule has 0 aliphatic rings. The van der Waals surface area contributed by atoms with Crippen molar-refractivity contribution in [3.8, 4) is 0 Å². The van der Waals surface area contributed by atoms with E-state index in [1.54, 1.807) is 0 Å². The third-order valence-corrected chi connectivity index (χ3v) is 6.64. The maximum absolute atomic E-state index is 13.0. The summed E-state index contributed by atoms with van der Waals surface area (Å²) in [6.45, 7) is 0.722. The fourth-order valence-electron chi connectivity index (χ4n) is 3.90. The van der Waals surface area contributed by atoms with Crippen LogP contribution in [0.1, 0.15) is 31.3 Å². The highest BCUT2D eigenvalue weighted by Crippen LogP contribution is 2.29. The van der Waals surface area contributed by atoms with Gasteiger partial charge in [0.05, 0.1) is 0 Å². The van der Waals surface area contributed by atoms with Crippen LogP contribution in [0.15, 0.2) is 97.3 Å². The zero-order valence-corrected chi connectivity index (χ0v) is 19.7. The molecular weight excluding hydrogens is 456 g/mol. The summed E-state index contributed by atoms with van der Waals surface area (Å²) >= 11 is 1.27. The molecule has 0 saturated heterocycles. The lowest BCUT2D eigenvalue weighted by Crippen LogP contribution is -2.32. The Kier molecular flexibility index (Phi) is 6.32. The molecule has 6 nitrogen and oxygen atoms in total. The second-order valence-electron chi connectivity index (χ2n) is 8.19. The van der Waals surface area contributed by atoms with Crippen molar-refractivity contribution in [1.29, 1.82) is 0 Å². The topological polar surface area (TPSA) is 89.0 Å². The van der Waals surface area contributed by atoms with Gasteiger partial charge in [0.25, 0.3) is 5.91 Å². The van der Waals surface area contributed by atoms with Crippen LogP contribution in [-0.4, -0.2) is 16.7 Å². The first-order valence-electron chi connectivity index (χ1n) is 11.2. The number of thiazole rings is 1. The Bertz CT molecular complexity index is 1510. The molecule has 2 heterocycles. The summed E-state index contributed by atoms with van der Waals surface area (Å²) < 4.78 is 2.07. The van der Waals surface area contributed by atoms with Crippen LogP contribution in [0.3, 0.4) is 0 Å². The number of nitrogens with two attached hydrogens (primary N) is 1. The third kappa shape index (κ3) is 5.26. The zero-order chi connectivity index (χ0) is 24.2. The molecule has 0 fully saturated rings. The van der Waals surface area contributed by atoms with Crippen molar-refractivity contribution in [2.24, 2.45) is 5.73 Å². The van der Waals surface area contributed by atoms with Crippen LogP contribution in [0.4, 0.5) is 10.8 Å². The average molecular weight is 480 g/mol. The van der Waals surface area contributed by atoms with E-state index in [9.17, 15) is 9.59 Å². The van der Waals surface area contributed by atoms with Crippen molar-refractivity contribution in [2.75, 3.05) is 5.32 Å². The van der Waals surface area contributed by atoms with Crippen LogP contribution in [0.2, 0.25) is 0 Å². The average Bonchev–Trinajstić information content (AvgIpc) is 3.27. The van der Waals surface area contributed by atoms with E-state index in [2.05, 4.69) is 14.9 Å². The number of aromatic nitrogens is 2. The SMILES string of the molecule is NC(=O)c1nc(Nc2ccc3ccccc3c2)sc1CC(=O)c1ccc(C[n+]2ccccc2)cc1. The number of benzene rings is 3. The van der Waals surface area contributed by atoms with Crippen LogP contribution in [-0.2, 0) is 13.0 Å². The van der Waals surface area contributed by atoms with Gasteiger partial charge in [0.1, 0.15) is 5.69 Å². The number of nitrogens with one attached hydrogen (secondary N) is 1. The Morgan fingerprint density at radius 2 is 1.63 bits per heavy atom.